The third-order valence-corrected chi connectivity index (χ3v) is 4.34. The van der Waals surface area contributed by atoms with Crippen LogP contribution in [0.2, 0.25) is 0 Å². The molecule has 0 saturated heterocycles. The van der Waals surface area contributed by atoms with Gasteiger partial charge in [-0.05, 0) is 39.0 Å². The summed E-state index contributed by atoms with van der Waals surface area (Å²) in [7, 11) is 1.84. The van der Waals surface area contributed by atoms with Gasteiger partial charge >= 0.3 is 0 Å². The molecule has 0 radical (unpaired) electrons. The Kier molecular flexibility index (Phi) is 3.24. The Balaban J connectivity index is 2.20. The molecule has 2 aromatic heterocycles. The van der Waals surface area contributed by atoms with Gasteiger partial charge in [0, 0.05) is 28.2 Å². The molecular weight excluding hydrogens is 332 g/mol. The molecule has 21 heavy (non-hydrogen) atoms. The molecule has 0 aliphatic rings. The van der Waals surface area contributed by atoms with Gasteiger partial charge in [0.2, 0.25) is 5.78 Å². The number of carbonyl (C=O) groups excluding carboxylic acids is 1. The fourth-order valence-electron chi connectivity index (χ4n) is 2.63. The van der Waals surface area contributed by atoms with Crippen LogP contribution in [0.3, 0.4) is 0 Å². The molecule has 108 valence electrons. The first-order valence-electron chi connectivity index (χ1n) is 6.63. The molecule has 5 heteroatoms. The second-order valence-electron chi connectivity index (χ2n) is 5.20. The zero-order valence-corrected chi connectivity index (χ0v) is 13.9. The molecule has 4 nitrogen and oxygen atoms in total. The number of hydrogen-bond donors (Lipinski definition) is 0. The average Bonchev–Trinajstić information content (AvgIpc) is 2.87. The van der Waals surface area contributed by atoms with Crippen molar-refractivity contribution in [2.45, 2.75) is 20.8 Å². The van der Waals surface area contributed by atoms with Crippen LogP contribution < -0.4 is 0 Å². The number of nitrogens with zero attached hydrogens (tertiary/aromatic N) is 2. The van der Waals surface area contributed by atoms with E-state index in [-0.39, 0.29) is 5.78 Å². The monoisotopic (exact) mass is 346 g/mol. The highest BCUT2D eigenvalue weighted by Gasteiger charge is 2.24. The average molecular weight is 347 g/mol. The van der Waals surface area contributed by atoms with E-state index in [2.05, 4.69) is 21.0 Å². The molecule has 0 amide bonds. The van der Waals surface area contributed by atoms with E-state index in [9.17, 15) is 4.79 Å². The van der Waals surface area contributed by atoms with Gasteiger partial charge in [-0.15, -0.1) is 0 Å². The molecule has 0 aliphatic heterocycles. The van der Waals surface area contributed by atoms with Crippen molar-refractivity contribution in [1.29, 1.82) is 0 Å². The maximum Gasteiger partial charge on any atom is 0.232 e. The summed E-state index contributed by atoms with van der Waals surface area (Å²) in [5.74, 6) is 0.283. The molecule has 3 rings (SSSR count). The number of benzene rings is 1. The van der Waals surface area contributed by atoms with E-state index in [0.717, 1.165) is 26.8 Å². The Morgan fingerprint density at radius 1 is 1.29 bits per heavy atom. The van der Waals surface area contributed by atoms with Gasteiger partial charge in [0.15, 0.2) is 5.76 Å². The molecule has 0 atom stereocenters. The molecule has 0 N–H and O–H groups in total. The molecule has 2 heterocycles. The zero-order valence-electron chi connectivity index (χ0n) is 12.3. The van der Waals surface area contributed by atoms with Crippen LogP contribution in [0.25, 0.3) is 11.0 Å². The van der Waals surface area contributed by atoms with Gasteiger partial charge in [0.05, 0.1) is 11.3 Å². The standard InChI is InChI=1S/C16H15BrN2O2/c1-8-12-6-5-11(17)7-13(12)21-16(8)15(20)14-9(2)18-19(4)10(14)3/h5-7H,1-4H3. The van der Waals surface area contributed by atoms with Gasteiger partial charge in [0.25, 0.3) is 0 Å². The van der Waals surface area contributed by atoms with E-state index in [1.165, 1.54) is 0 Å². The lowest BCUT2D eigenvalue weighted by molar-refractivity contribution is 0.101. The Bertz CT molecular complexity index is 874. The molecule has 0 saturated carbocycles. The lowest BCUT2D eigenvalue weighted by Gasteiger charge is -2.00. The Hall–Kier alpha value is -1.88. The van der Waals surface area contributed by atoms with Crippen molar-refractivity contribution < 1.29 is 9.21 Å². The number of aryl methyl sites for hydroxylation is 3. The minimum absolute atomic E-state index is 0.108. The number of halogens is 1. The highest BCUT2D eigenvalue weighted by molar-refractivity contribution is 9.10. The normalized spacial score (nSPS) is 11.3. The third kappa shape index (κ3) is 2.12. The second-order valence-corrected chi connectivity index (χ2v) is 6.11. The van der Waals surface area contributed by atoms with Crippen molar-refractivity contribution in [3.63, 3.8) is 0 Å². The first-order valence-corrected chi connectivity index (χ1v) is 7.43. The summed E-state index contributed by atoms with van der Waals surface area (Å²) < 4.78 is 8.45. The van der Waals surface area contributed by atoms with Gasteiger partial charge in [-0.2, -0.15) is 5.10 Å². The number of fused-ring (bicyclic) bond motifs is 1. The van der Waals surface area contributed by atoms with Gasteiger partial charge in [-0.25, -0.2) is 0 Å². The van der Waals surface area contributed by atoms with Crippen LogP contribution in [-0.2, 0) is 7.05 Å². The summed E-state index contributed by atoms with van der Waals surface area (Å²) >= 11 is 3.42. The highest BCUT2D eigenvalue weighted by atomic mass is 79.9. The number of aromatic nitrogens is 2. The largest absolute Gasteiger partial charge is 0.452 e. The molecule has 0 spiro atoms. The van der Waals surface area contributed by atoms with Crippen LogP contribution >= 0.6 is 15.9 Å². The molecule has 3 aromatic rings. The Labute approximate surface area is 130 Å². The van der Waals surface area contributed by atoms with Crippen LogP contribution in [0, 0.1) is 20.8 Å². The zero-order chi connectivity index (χ0) is 15.3. The van der Waals surface area contributed by atoms with Crippen molar-refractivity contribution >= 4 is 32.7 Å². The van der Waals surface area contributed by atoms with E-state index in [0.29, 0.717) is 16.9 Å². The summed E-state index contributed by atoms with van der Waals surface area (Å²) in [6.45, 7) is 5.64. The summed E-state index contributed by atoms with van der Waals surface area (Å²) in [4.78, 5) is 12.8. The summed E-state index contributed by atoms with van der Waals surface area (Å²) in [5.41, 5.74) is 3.77. The van der Waals surface area contributed by atoms with Crippen molar-refractivity contribution in [1.82, 2.24) is 9.78 Å². The quantitative estimate of drug-likeness (QED) is 0.656. The summed E-state index contributed by atoms with van der Waals surface area (Å²) in [6.07, 6.45) is 0. The van der Waals surface area contributed by atoms with Crippen molar-refractivity contribution in [3.05, 3.63) is 50.9 Å². The Morgan fingerprint density at radius 2 is 2.00 bits per heavy atom. The first kappa shape index (κ1) is 14.1. The molecule has 0 fully saturated rings. The van der Waals surface area contributed by atoms with Crippen molar-refractivity contribution in [2.75, 3.05) is 0 Å². The third-order valence-electron chi connectivity index (χ3n) is 3.84. The van der Waals surface area contributed by atoms with Crippen LogP contribution in [0.15, 0.2) is 27.1 Å². The highest BCUT2D eigenvalue weighted by Crippen LogP contribution is 2.30. The van der Waals surface area contributed by atoms with E-state index in [1.807, 2.05) is 46.0 Å². The fraction of sp³-hybridized carbons (Fsp3) is 0.250. The minimum Gasteiger partial charge on any atom is -0.452 e. The number of ketones is 1. The SMILES string of the molecule is Cc1nn(C)c(C)c1C(=O)c1oc2cc(Br)ccc2c1C. The molecule has 1 aromatic carbocycles. The molecule has 0 unspecified atom stereocenters. The fourth-order valence-corrected chi connectivity index (χ4v) is 2.97. The van der Waals surface area contributed by atoms with Gasteiger partial charge in [-0.1, -0.05) is 15.9 Å². The Morgan fingerprint density at radius 3 is 2.62 bits per heavy atom. The molecule has 0 bridgehead atoms. The number of hydrogen-bond acceptors (Lipinski definition) is 3. The maximum atomic E-state index is 12.8. The van der Waals surface area contributed by atoms with Crippen LogP contribution in [0.5, 0.6) is 0 Å². The lowest BCUT2D eigenvalue weighted by atomic mass is 10.0. The lowest BCUT2D eigenvalue weighted by Crippen LogP contribution is -2.05. The second kappa shape index (κ2) is 4.84. The topological polar surface area (TPSA) is 48.0 Å². The van der Waals surface area contributed by atoms with Crippen molar-refractivity contribution in [3.8, 4) is 0 Å². The maximum absolute atomic E-state index is 12.8. The van der Waals surface area contributed by atoms with E-state index >= 15 is 0 Å². The van der Waals surface area contributed by atoms with Crippen molar-refractivity contribution in [2.24, 2.45) is 7.05 Å². The summed E-state index contributed by atoms with van der Waals surface area (Å²) in [6, 6.07) is 5.78. The number of rotatable bonds is 2. The predicted molar refractivity (Wildman–Crippen MR) is 84.8 cm³/mol. The first-order chi connectivity index (χ1) is 9.90. The smallest absolute Gasteiger partial charge is 0.232 e. The predicted octanol–water partition coefficient (Wildman–Crippen LogP) is 4.09. The number of carbonyl (C=O) groups is 1. The molecular formula is C16H15BrN2O2. The van der Waals surface area contributed by atoms with Gasteiger partial charge < -0.3 is 4.42 Å². The minimum atomic E-state index is -0.108. The van der Waals surface area contributed by atoms with Crippen LogP contribution in [-0.4, -0.2) is 15.6 Å². The van der Waals surface area contributed by atoms with Gasteiger partial charge in [0.1, 0.15) is 5.58 Å². The number of furan rings is 1. The van der Waals surface area contributed by atoms with Crippen LogP contribution in [0.1, 0.15) is 33.1 Å². The van der Waals surface area contributed by atoms with Gasteiger partial charge in [-0.3, -0.25) is 9.48 Å². The van der Waals surface area contributed by atoms with E-state index in [1.54, 1.807) is 4.68 Å². The summed E-state index contributed by atoms with van der Waals surface area (Å²) in [5, 5.41) is 5.26. The molecule has 0 aliphatic carbocycles. The van der Waals surface area contributed by atoms with Crippen LogP contribution in [0.4, 0.5) is 0 Å². The van der Waals surface area contributed by atoms with E-state index in [4.69, 9.17) is 4.42 Å². The van der Waals surface area contributed by atoms with E-state index < -0.39 is 0 Å².